The van der Waals surface area contributed by atoms with Gasteiger partial charge in [-0.3, -0.25) is 0 Å². The molecule has 0 bridgehead atoms. The number of nitrogens with one attached hydrogen (secondary N) is 1. The molecule has 1 atom stereocenters. The first-order chi connectivity index (χ1) is 7.29. The van der Waals surface area contributed by atoms with Crippen LogP contribution in [0.3, 0.4) is 0 Å². The van der Waals surface area contributed by atoms with E-state index in [4.69, 9.17) is 0 Å². The van der Waals surface area contributed by atoms with Gasteiger partial charge in [0.1, 0.15) is 6.61 Å². The second-order valence-corrected chi connectivity index (χ2v) is 3.72. The standard InChI is InChI=1S/C10H17F4NO/c1-7(2)4-8(15-3)5-16-6-10(13,14)9(11)12/h4,8-9,15H,5-6H2,1-3H3. The lowest BCUT2D eigenvalue weighted by Gasteiger charge is -2.18. The number of allylic oxidation sites excluding steroid dienone is 1. The van der Waals surface area contributed by atoms with E-state index in [2.05, 4.69) is 10.1 Å². The molecule has 0 aliphatic carbocycles. The molecule has 16 heavy (non-hydrogen) atoms. The lowest BCUT2D eigenvalue weighted by molar-refractivity contribution is -0.166. The van der Waals surface area contributed by atoms with E-state index < -0.39 is 19.0 Å². The van der Waals surface area contributed by atoms with E-state index in [-0.39, 0.29) is 12.6 Å². The monoisotopic (exact) mass is 243 g/mol. The zero-order valence-corrected chi connectivity index (χ0v) is 9.57. The Morgan fingerprint density at radius 1 is 1.38 bits per heavy atom. The zero-order valence-electron chi connectivity index (χ0n) is 9.57. The Balaban J connectivity index is 4.01. The van der Waals surface area contributed by atoms with Crippen molar-refractivity contribution in [3.63, 3.8) is 0 Å². The average molecular weight is 243 g/mol. The highest BCUT2D eigenvalue weighted by atomic mass is 19.3. The third-order valence-electron chi connectivity index (χ3n) is 1.82. The molecule has 0 aliphatic rings. The summed E-state index contributed by atoms with van der Waals surface area (Å²) in [6.45, 7) is 2.36. The number of halogens is 4. The van der Waals surface area contributed by atoms with Gasteiger partial charge in [0.2, 0.25) is 0 Å². The van der Waals surface area contributed by atoms with Crippen molar-refractivity contribution < 1.29 is 22.3 Å². The van der Waals surface area contributed by atoms with Crippen LogP contribution >= 0.6 is 0 Å². The second-order valence-electron chi connectivity index (χ2n) is 3.72. The van der Waals surface area contributed by atoms with E-state index in [0.29, 0.717) is 0 Å². The van der Waals surface area contributed by atoms with Crippen molar-refractivity contribution in [1.29, 1.82) is 0 Å². The molecule has 0 aromatic carbocycles. The van der Waals surface area contributed by atoms with Crippen LogP contribution in [0.25, 0.3) is 0 Å². The number of likely N-dealkylation sites (N-methyl/N-ethyl adjacent to an activating group) is 1. The molecular weight excluding hydrogens is 226 g/mol. The Morgan fingerprint density at radius 2 is 1.94 bits per heavy atom. The van der Waals surface area contributed by atoms with Crippen LogP contribution < -0.4 is 5.32 Å². The number of hydrogen-bond acceptors (Lipinski definition) is 2. The highest BCUT2D eigenvalue weighted by Crippen LogP contribution is 2.22. The number of ether oxygens (including phenoxy) is 1. The van der Waals surface area contributed by atoms with Gasteiger partial charge < -0.3 is 10.1 Å². The summed E-state index contributed by atoms with van der Waals surface area (Å²) in [7, 11) is 1.64. The minimum atomic E-state index is -4.08. The molecule has 0 saturated heterocycles. The molecule has 0 aromatic rings. The van der Waals surface area contributed by atoms with Gasteiger partial charge in [-0.15, -0.1) is 0 Å². The first kappa shape index (κ1) is 15.4. The van der Waals surface area contributed by atoms with E-state index in [9.17, 15) is 17.6 Å². The van der Waals surface area contributed by atoms with E-state index in [1.54, 1.807) is 13.1 Å². The summed E-state index contributed by atoms with van der Waals surface area (Å²) in [4.78, 5) is 0. The molecule has 0 aromatic heterocycles. The molecule has 2 nitrogen and oxygen atoms in total. The SMILES string of the molecule is CNC(C=C(C)C)COCC(F)(F)C(F)F. The second kappa shape index (κ2) is 6.85. The summed E-state index contributed by atoms with van der Waals surface area (Å²) in [6.07, 6.45) is -1.91. The fraction of sp³-hybridized carbons (Fsp3) is 0.800. The molecule has 0 fully saturated rings. The van der Waals surface area contributed by atoms with Gasteiger partial charge in [-0.05, 0) is 20.9 Å². The first-order valence-electron chi connectivity index (χ1n) is 4.85. The van der Waals surface area contributed by atoms with Crippen molar-refractivity contribution in [1.82, 2.24) is 5.32 Å². The van der Waals surface area contributed by atoms with Crippen LogP contribution in [0.1, 0.15) is 13.8 Å². The molecule has 6 heteroatoms. The average Bonchev–Trinajstić information content (AvgIpc) is 2.15. The van der Waals surface area contributed by atoms with Gasteiger partial charge in [0.25, 0.3) is 0 Å². The van der Waals surface area contributed by atoms with Crippen LogP contribution in [-0.2, 0) is 4.74 Å². The quantitative estimate of drug-likeness (QED) is 0.548. The summed E-state index contributed by atoms with van der Waals surface area (Å²) >= 11 is 0. The maximum atomic E-state index is 12.5. The van der Waals surface area contributed by atoms with E-state index in [1.165, 1.54) is 0 Å². The molecule has 0 radical (unpaired) electrons. The highest BCUT2D eigenvalue weighted by Gasteiger charge is 2.40. The summed E-state index contributed by atoms with van der Waals surface area (Å²) < 4.78 is 53.0. The molecule has 1 unspecified atom stereocenters. The largest absolute Gasteiger partial charge is 0.373 e. The molecule has 0 aliphatic heterocycles. The van der Waals surface area contributed by atoms with E-state index >= 15 is 0 Å². The normalized spacial score (nSPS) is 14.0. The molecule has 1 N–H and O–H groups in total. The van der Waals surface area contributed by atoms with Gasteiger partial charge in [0.15, 0.2) is 0 Å². The highest BCUT2D eigenvalue weighted by molar-refractivity contribution is 5.00. The van der Waals surface area contributed by atoms with Crippen molar-refractivity contribution in [3.8, 4) is 0 Å². The van der Waals surface area contributed by atoms with Crippen LogP contribution in [-0.4, -0.2) is 38.7 Å². The maximum absolute atomic E-state index is 12.5. The minimum absolute atomic E-state index is 0.0655. The summed E-state index contributed by atoms with van der Waals surface area (Å²) in [5, 5.41) is 2.82. The predicted octanol–water partition coefficient (Wildman–Crippen LogP) is 2.46. The number of rotatable bonds is 7. The van der Waals surface area contributed by atoms with Gasteiger partial charge in [-0.1, -0.05) is 11.6 Å². The van der Waals surface area contributed by atoms with E-state index in [0.717, 1.165) is 5.57 Å². The van der Waals surface area contributed by atoms with Gasteiger partial charge in [-0.25, -0.2) is 8.78 Å². The van der Waals surface area contributed by atoms with Gasteiger partial charge >= 0.3 is 12.3 Å². The van der Waals surface area contributed by atoms with Gasteiger partial charge in [0, 0.05) is 6.04 Å². The Labute approximate surface area is 92.7 Å². The van der Waals surface area contributed by atoms with Crippen LogP contribution in [0.2, 0.25) is 0 Å². The third-order valence-corrected chi connectivity index (χ3v) is 1.82. The summed E-state index contributed by atoms with van der Waals surface area (Å²) in [6, 6.07) is -0.251. The molecule has 0 amide bonds. The molecule has 96 valence electrons. The predicted molar refractivity (Wildman–Crippen MR) is 54.0 cm³/mol. The lowest BCUT2D eigenvalue weighted by atomic mass is 10.2. The third kappa shape index (κ3) is 6.07. The smallest absolute Gasteiger partial charge is 0.330 e. The molecule has 0 heterocycles. The minimum Gasteiger partial charge on any atom is -0.373 e. The van der Waals surface area contributed by atoms with Crippen LogP contribution in [0.5, 0.6) is 0 Å². The van der Waals surface area contributed by atoms with Crippen molar-refractivity contribution in [2.45, 2.75) is 32.2 Å². The topological polar surface area (TPSA) is 21.3 Å². The Bertz CT molecular complexity index is 227. The Morgan fingerprint density at radius 3 is 2.31 bits per heavy atom. The van der Waals surface area contributed by atoms with Crippen molar-refractivity contribution in [2.24, 2.45) is 0 Å². The van der Waals surface area contributed by atoms with Gasteiger partial charge in [-0.2, -0.15) is 8.78 Å². The van der Waals surface area contributed by atoms with Crippen LogP contribution in [0.15, 0.2) is 11.6 Å². The molecule has 0 saturated carbocycles. The summed E-state index contributed by atoms with van der Waals surface area (Å²) in [5.74, 6) is -4.08. The van der Waals surface area contributed by atoms with Crippen LogP contribution in [0, 0.1) is 0 Å². The molecule has 0 spiro atoms. The fourth-order valence-electron chi connectivity index (χ4n) is 1.00. The van der Waals surface area contributed by atoms with Crippen molar-refractivity contribution in [2.75, 3.05) is 20.3 Å². The van der Waals surface area contributed by atoms with Gasteiger partial charge in [0.05, 0.1) is 6.61 Å². The number of alkyl halides is 4. The molecule has 0 rings (SSSR count). The summed E-state index contributed by atoms with van der Waals surface area (Å²) in [5.41, 5.74) is 0.989. The lowest BCUT2D eigenvalue weighted by Crippen LogP contribution is -2.36. The number of hydrogen-bond donors (Lipinski definition) is 1. The zero-order chi connectivity index (χ0) is 12.8. The van der Waals surface area contributed by atoms with Crippen molar-refractivity contribution >= 4 is 0 Å². The van der Waals surface area contributed by atoms with E-state index in [1.807, 2.05) is 13.8 Å². The Hall–Kier alpha value is -0.620. The molecular formula is C10H17F4NO. The van der Waals surface area contributed by atoms with Crippen molar-refractivity contribution in [3.05, 3.63) is 11.6 Å². The fourth-order valence-corrected chi connectivity index (χ4v) is 1.00. The Kier molecular flexibility index (Phi) is 6.59. The maximum Gasteiger partial charge on any atom is 0.330 e. The first-order valence-corrected chi connectivity index (χ1v) is 4.85. The van der Waals surface area contributed by atoms with Crippen LogP contribution in [0.4, 0.5) is 17.6 Å².